The highest BCUT2D eigenvalue weighted by atomic mass is 16.5. The van der Waals surface area contributed by atoms with E-state index in [0.29, 0.717) is 25.3 Å². The second kappa shape index (κ2) is 7.04. The number of nitrogens with one attached hydrogen (secondary N) is 1. The molecule has 6 heteroatoms. The molecule has 20 heavy (non-hydrogen) atoms. The Morgan fingerprint density at radius 2 is 1.90 bits per heavy atom. The first-order valence-corrected chi connectivity index (χ1v) is 7.38. The Morgan fingerprint density at radius 1 is 1.25 bits per heavy atom. The molecule has 3 unspecified atom stereocenters. The van der Waals surface area contributed by atoms with Gasteiger partial charge in [-0.15, -0.1) is 0 Å². The van der Waals surface area contributed by atoms with Crippen molar-refractivity contribution in [2.24, 2.45) is 17.8 Å². The van der Waals surface area contributed by atoms with Crippen molar-refractivity contribution in [1.29, 1.82) is 0 Å². The fraction of sp³-hybridized carbons (Fsp3) is 0.857. The van der Waals surface area contributed by atoms with Gasteiger partial charge >= 0.3 is 5.97 Å². The van der Waals surface area contributed by atoms with Gasteiger partial charge in [0.05, 0.1) is 25.0 Å². The summed E-state index contributed by atoms with van der Waals surface area (Å²) in [4.78, 5) is 25.6. The van der Waals surface area contributed by atoms with Crippen molar-refractivity contribution in [1.82, 2.24) is 10.2 Å². The predicted molar refractivity (Wildman–Crippen MR) is 73.3 cm³/mol. The highest BCUT2D eigenvalue weighted by Crippen LogP contribution is 2.36. The van der Waals surface area contributed by atoms with Gasteiger partial charge < -0.3 is 15.2 Å². The molecule has 2 fully saturated rings. The van der Waals surface area contributed by atoms with E-state index in [0.717, 1.165) is 32.8 Å². The molecule has 6 nitrogen and oxygen atoms in total. The van der Waals surface area contributed by atoms with E-state index in [-0.39, 0.29) is 11.8 Å². The van der Waals surface area contributed by atoms with Crippen LogP contribution in [0.1, 0.15) is 19.8 Å². The van der Waals surface area contributed by atoms with Crippen LogP contribution in [0.2, 0.25) is 0 Å². The summed E-state index contributed by atoms with van der Waals surface area (Å²) in [5.74, 6) is -1.52. The molecule has 0 bridgehead atoms. The number of nitrogens with zero attached hydrogens (tertiary/aromatic N) is 1. The minimum atomic E-state index is -0.845. The van der Waals surface area contributed by atoms with Crippen molar-refractivity contribution in [3.05, 3.63) is 0 Å². The lowest BCUT2D eigenvalue weighted by Gasteiger charge is -2.26. The van der Waals surface area contributed by atoms with Crippen LogP contribution in [0.5, 0.6) is 0 Å². The lowest BCUT2D eigenvalue weighted by Crippen LogP contribution is -2.43. The molecule has 1 aliphatic heterocycles. The van der Waals surface area contributed by atoms with Gasteiger partial charge in [0.25, 0.3) is 0 Å². The van der Waals surface area contributed by atoms with Crippen molar-refractivity contribution in [2.75, 3.05) is 39.4 Å². The number of carboxylic acid groups (broad SMARTS) is 1. The second-order valence-electron chi connectivity index (χ2n) is 5.87. The number of aliphatic carboxylic acids is 1. The van der Waals surface area contributed by atoms with Crippen LogP contribution in [0.3, 0.4) is 0 Å². The van der Waals surface area contributed by atoms with Gasteiger partial charge in [0.1, 0.15) is 0 Å². The monoisotopic (exact) mass is 284 g/mol. The summed E-state index contributed by atoms with van der Waals surface area (Å²) in [6.45, 7) is 6.68. The molecule has 1 heterocycles. The fourth-order valence-corrected chi connectivity index (χ4v) is 3.15. The standard InChI is InChI=1S/C14H24N2O4/c1-10-8-11(12(9-10)14(18)19)13(17)15-2-3-16-4-6-20-7-5-16/h10-12H,2-9H2,1H3,(H,15,17)(H,18,19). The molecule has 0 aromatic carbocycles. The number of carbonyl (C=O) groups is 2. The van der Waals surface area contributed by atoms with Gasteiger partial charge in [0, 0.05) is 26.2 Å². The number of ether oxygens (including phenoxy) is 1. The second-order valence-corrected chi connectivity index (χ2v) is 5.87. The van der Waals surface area contributed by atoms with Crippen LogP contribution < -0.4 is 5.32 Å². The number of carbonyl (C=O) groups excluding carboxylic acids is 1. The third-order valence-electron chi connectivity index (χ3n) is 4.28. The van der Waals surface area contributed by atoms with Crippen molar-refractivity contribution >= 4 is 11.9 Å². The zero-order valence-corrected chi connectivity index (χ0v) is 12.0. The maximum absolute atomic E-state index is 12.1. The average Bonchev–Trinajstić information content (AvgIpc) is 2.82. The molecule has 114 valence electrons. The van der Waals surface area contributed by atoms with Crippen LogP contribution in [0.4, 0.5) is 0 Å². The number of carboxylic acids is 1. The summed E-state index contributed by atoms with van der Waals surface area (Å²) >= 11 is 0. The van der Waals surface area contributed by atoms with E-state index < -0.39 is 11.9 Å². The summed E-state index contributed by atoms with van der Waals surface area (Å²) in [7, 11) is 0. The van der Waals surface area contributed by atoms with Gasteiger partial charge in [-0.3, -0.25) is 14.5 Å². The highest BCUT2D eigenvalue weighted by molar-refractivity contribution is 5.85. The Bertz CT molecular complexity index is 355. The molecule has 2 N–H and O–H groups in total. The number of rotatable bonds is 5. The average molecular weight is 284 g/mol. The molecule has 0 radical (unpaired) electrons. The van der Waals surface area contributed by atoms with Gasteiger partial charge in [-0.05, 0) is 18.8 Å². The number of amides is 1. The van der Waals surface area contributed by atoms with Gasteiger partial charge in [0.2, 0.25) is 5.91 Å². The van der Waals surface area contributed by atoms with Crippen LogP contribution >= 0.6 is 0 Å². The van der Waals surface area contributed by atoms with Gasteiger partial charge in [-0.25, -0.2) is 0 Å². The van der Waals surface area contributed by atoms with Crippen molar-refractivity contribution in [3.8, 4) is 0 Å². The lowest BCUT2D eigenvalue weighted by molar-refractivity contribution is -0.146. The van der Waals surface area contributed by atoms with Crippen LogP contribution in [0.25, 0.3) is 0 Å². The summed E-state index contributed by atoms with van der Waals surface area (Å²) < 4.78 is 5.27. The molecule has 0 aromatic rings. The molecule has 1 saturated heterocycles. The molecule has 2 aliphatic rings. The number of hydrogen-bond donors (Lipinski definition) is 2. The third-order valence-corrected chi connectivity index (χ3v) is 4.28. The zero-order chi connectivity index (χ0) is 14.5. The van der Waals surface area contributed by atoms with Crippen molar-refractivity contribution in [2.45, 2.75) is 19.8 Å². The smallest absolute Gasteiger partial charge is 0.307 e. The van der Waals surface area contributed by atoms with Gasteiger partial charge in [0.15, 0.2) is 0 Å². The normalized spacial score (nSPS) is 31.1. The Morgan fingerprint density at radius 3 is 2.55 bits per heavy atom. The Kier molecular flexibility index (Phi) is 5.37. The minimum absolute atomic E-state index is 0.102. The maximum Gasteiger partial charge on any atom is 0.307 e. The first kappa shape index (κ1) is 15.3. The third kappa shape index (κ3) is 3.93. The van der Waals surface area contributed by atoms with Crippen molar-refractivity contribution in [3.63, 3.8) is 0 Å². The Balaban J connectivity index is 1.74. The van der Waals surface area contributed by atoms with E-state index >= 15 is 0 Å². The van der Waals surface area contributed by atoms with E-state index in [1.54, 1.807) is 0 Å². The molecule has 2 rings (SSSR count). The zero-order valence-electron chi connectivity index (χ0n) is 12.0. The summed E-state index contributed by atoms with van der Waals surface area (Å²) in [6.07, 6.45) is 1.29. The van der Waals surface area contributed by atoms with E-state index in [1.165, 1.54) is 0 Å². The molecular formula is C14H24N2O4. The summed E-state index contributed by atoms with van der Waals surface area (Å²) in [6, 6.07) is 0. The SMILES string of the molecule is CC1CC(C(=O)O)C(C(=O)NCCN2CCOCC2)C1. The molecule has 1 saturated carbocycles. The molecular weight excluding hydrogens is 260 g/mol. The number of morpholine rings is 1. The highest BCUT2D eigenvalue weighted by Gasteiger charge is 2.40. The quantitative estimate of drug-likeness (QED) is 0.753. The molecule has 3 atom stereocenters. The number of hydrogen-bond acceptors (Lipinski definition) is 4. The first-order chi connectivity index (χ1) is 9.58. The Labute approximate surface area is 119 Å². The lowest BCUT2D eigenvalue weighted by atomic mass is 9.95. The van der Waals surface area contributed by atoms with Crippen LogP contribution in [-0.2, 0) is 14.3 Å². The van der Waals surface area contributed by atoms with Crippen LogP contribution in [0.15, 0.2) is 0 Å². The maximum atomic E-state index is 12.1. The first-order valence-electron chi connectivity index (χ1n) is 7.38. The minimum Gasteiger partial charge on any atom is -0.481 e. The van der Waals surface area contributed by atoms with Gasteiger partial charge in [-0.2, -0.15) is 0 Å². The van der Waals surface area contributed by atoms with E-state index in [9.17, 15) is 14.7 Å². The van der Waals surface area contributed by atoms with Crippen LogP contribution in [0, 0.1) is 17.8 Å². The van der Waals surface area contributed by atoms with E-state index in [4.69, 9.17) is 4.74 Å². The topological polar surface area (TPSA) is 78.9 Å². The van der Waals surface area contributed by atoms with E-state index in [2.05, 4.69) is 10.2 Å². The fourth-order valence-electron chi connectivity index (χ4n) is 3.15. The van der Waals surface area contributed by atoms with Crippen molar-refractivity contribution < 1.29 is 19.4 Å². The summed E-state index contributed by atoms with van der Waals surface area (Å²) in [5.41, 5.74) is 0. The van der Waals surface area contributed by atoms with Gasteiger partial charge in [-0.1, -0.05) is 6.92 Å². The molecule has 1 amide bonds. The van der Waals surface area contributed by atoms with Crippen LogP contribution in [-0.4, -0.2) is 61.3 Å². The summed E-state index contributed by atoms with van der Waals surface area (Å²) in [5, 5.41) is 12.1. The predicted octanol–water partition coefficient (Wildman–Crippen LogP) is 0.182. The molecule has 0 aromatic heterocycles. The molecule has 1 aliphatic carbocycles. The molecule has 0 spiro atoms. The Hall–Kier alpha value is -1.14. The van der Waals surface area contributed by atoms with E-state index in [1.807, 2.05) is 6.92 Å². The largest absolute Gasteiger partial charge is 0.481 e.